The number of aromatic nitrogens is 1. The van der Waals surface area contributed by atoms with Gasteiger partial charge in [0.05, 0.1) is 25.2 Å². The molecule has 1 aliphatic carbocycles. The van der Waals surface area contributed by atoms with E-state index in [1.807, 2.05) is 0 Å². The first-order valence-electron chi connectivity index (χ1n) is 12.6. The summed E-state index contributed by atoms with van der Waals surface area (Å²) in [5.41, 5.74) is 0.855. The van der Waals surface area contributed by atoms with E-state index < -0.39 is 41.8 Å². The molecule has 0 bridgehead atoms. The summed E-state index contributed by atoms with van der Waals surface area (Å²) in [4.78, 5) is 25.1. The van der Waals surface area contributed by atoms with Crippen LogP contribution in [0.4, 0.5) is 23.2 Å². The van der Waals surface area contributed by atoms with Crippen molar-refractivity contribution in [1.29, 1.82) is 0 Å². The lowest BCUT2D eigenvalue weighted by atomic mass is 10.1. The topological polar surface area (TPSA) is 99.0 Å². The number of nitrogens with zero attached hydrogens (tertiary/aromatic N) is 1. The Balaban J connectivity index is 1.48. The molecule has 13 heteroatoms. The Morgan fingerprint density at radius 3 is 2.45 bits per heavy atom. The number of alkyl halides is 3. The number of methoxy groups -OCH3 is 1. The molecule has 4 aromatic rings. The molecule has 42 heavy (non-hydrogen) atoms. The van der Waals surface area contributed by atoms with E-state index in [0.717, 1.165) is 16.7 Å². The van der Waals surface area contributed by atoms with Crippen LogP contribution in [0.15, 0.2) is 66.9 Å². The van der Waals surface area contributed by atoms with Crippen molar-refractivity contribution >= 4 is 40.1 Å². The molecule has 8 nitrogen and oxygen atoms in total. The number of carboxylic acids is 1. The minimum atomic E-state index is -5.14. The number of nitrogens with one attached hydrogen (secondary N) is 1. The average molecular weight is 607 g/mol. The molecule has 1 aliphatic rings. The molecule has 3 atom stereocenters. The Morgan fingerprint density at radius 1 is 1.10 bits per heavy atom. The van der Waals surface area contributed by atoms with Crippen molar-refractivity contribution in [2.45, 2.75) is 18.8 Å². The van der Waals surface area contributed by atoms with Gasteiger partial charge in [-0.25, -0.2) is 4.39 Å². The third-order valence-electron chi connectivity index (χ3n) is 6.79. The molecule has 0 amide bonds. The Hall–Kier alpha value is -4.45. The summed E-state index contributed by atoms with van der Waals surface area (Å²) in [6.07, 6.45) is -3.30. The normalized spacial score (nSPS) is 17.0. The lowest BCUT2D eigenvalue weighted by molar-refractivity contribution is -0.275. The minimum absolute atomic E-state index is 0.00602. The van der Waals surface area contributed by atoms with Crippen LogP contribution in [0.1, 0.15) is 22.8 Å². The second kappa shape index (κ2) is 11.4. The van der Waals surface area contributed by atoms with Gasteiger partial charge in [-0.3, -0.25) is 14.2 Å². The summed E-state index contributed by atoms with van der Waals surface area (Å²) < 4.78 is 69.0. The molecule has 0 radical (unpaired) electrons. The zero-order valence-corrected chi connectivity index (χ0v) is 22.6. The van der Waals surface area contributed by atoms with Crippen LogP contribution in [-0.4, -0.2) is 41.6 Å². The second-order valence-electron chi connectivity index (χ2n) is 9.69. The van der Waals surface area contributed by atoms with Crippen LogP contribution in [0.5, 0.6) is 17.2 Å². The number of fused-ring (bicyclic) bond motifs is 1. The van der Waals surface area contributed by atoms with E-state index in [1.165, 1.54) is 19.4 Å². The Labute approximate surface area is 241 Å². The van der Waals surface area contributed by atoms with Crippen LogP contribution in [0.3, 0.4) is 0 Å². The summed E-state index contributed by atoms with van der Waals surface area (Å²) in [5.74, 6) is -3.61. The number of rotatable bonds is 10. The van der Waals surface area contributed by atoms with Crippen molar-refractivity contribution in [2.24, 2.45) is 11.8 Å². The number of halogens is 5. The molecule has 5 rings (SSSR count). The van der Waals surface area contributed by atoms with E-state index in [1.54, 1.807) is 42.5 Å². The van der Waals surface area contributed by atoms with Crippen molar-refractivity contribution < 1.29 is 46.5 Å². The maximum absolute atomic E-state index is 14.3. The first-order valence-corrected chi connectivity index (χ1v) is 13.0. The largest absolute Gasteiger partial charge is 0.573 e. The molecular weight excluding hydrogens is 584 g/mol. The van der Waals surface area contributed by atoms with Gasteiger partial charge in [0.1, 0.15) is 17.5 Å². The number of hydrogen-bond acceptors (Lipinski definition) is 6. The highest BCUT2D eigenvalue weighted by Gasteiger charge is 2.43. The highest BCUT2D eigenvalue weighted by atomic mass is 35.5. The summed E-state index contributed by atoms with van der Waals surface area (Å²) in [6, 6.07) is 13.2. The Bertz CT molecular complexity index is 1640. The number of carbonyl (C=O) groups excluding carboxylic acids is 1. The van der Waals surface area contributed by atoms with Crippen molar-refractivity contribution in [3.05, 3.63) is 83.3 Å². The fourth-order valence-corrected chi connectivity index (χ4v) is 4.70. The van der Waals surface area contributed by atoms with Gasteiger partial charge >= 0.3 is 12.3 Å². The van der Waals surface area contributed by atoms with Gasteiger partial charge in [-0.15, -0.1) is 13.2 Å². The van der Waals surface area contributed by atoms with E-state index in [-0.39, 0.29) is 23.4 Å². The molecule has 2 N–H and O–H groups in total. The fourth-order valence-electron chi connectivity index (χ4n) is 4.57. The Morgan fingerprint density at radius 2 is 1.81 bits per heavy atom. The molecule has 1 fully saturated rings. The van der Waals surface area contributed by atoms with Crippen LogP contribution in [0.2, 0.25) is 5.02 Å². The lowest BCUT2D eigenvalue weighted by Gasteiger charge is -2.21. The van der Waals surface area contributed by atoms with Gasteiger partial charge in [0.25, 0.3) is 5.91 Å². The monoisotopic (exact) mass is 606 g/mol. The number of hydrogen-bond donors (Lipinski definition) is 2. The van der Waals surface area contributed by atoms with Crippen molar-refractivity contribution in [3.63, 3.8) is 0 Å². The van der Waals surface area contributed by atoms with Crippen molar-refractivity contribution in [1.82, 2.24) is 4.57 Å². The van der Waals surface area contributed by atoms with E-state index >= 15 is 0 Å². The molecule has 3 aromatic carbocycles. The zero-order chi connectivity index (χ0) is 30.2. The highest BCUT2D eigenvalue weighted by Crippen LogP contribution is 2.40. The van der Waals surface area contributed by atoms with Crippen molar-refractivity contribution in [3.8, 4) is 17.2 Å². The fraction of sp³-hybridized carbons (Fsp3) is 0.241. The lowest BCUT2D eigenvalue weighted by Crippen LogP contribution is -2.26. The molecule has 0 spiro atoms. The van der Waals surface area contributed by atoms with E-state index in [2.05, 4.69) is 10.1 Å². The quantitative estimate of drug-likeness (QED) is 0.189. The third kappa shape index (κ3) is 6.54. The summed E-state index contributed by atoms with van der Waals surface area (Å²) in [7, 11) is 1.44. The maximum Gasteiger partial charge on any atom is 0.573 e. The number of carbonyl (C=O) groups is 2. The molecule has 1 heterocycles. The van der Waals surface area contributed by atoms with Gasteiger partial charge in [-0.05, 0) is 36.2 Å². The molecular formula is C29H23ClF4N2O6. The first-order chi connectivity index (χ1) is 19.9. The average Bonchev–Trinajstić information content (AvgIpc) is 3.62. The van der Waals surface area contributed by atoms with Crippen LogP contribution in [0, 0.1) is 17.7 Å². The number of benzene rings is 3. The van der Waals surface area contributed by atoms with Gasteiger partial charge in [-0.2, -0.15) is 0 Å². The predicted octanol–water partition coefficient (Wildman–Crippen LogP) is 6.93. The summed E-state index contributed by atoms with van der Waals surface area (Å²) in [5, 5.41) is 12.9. The number of ether oxygens (including phenoxy) is 3. The minimum Gasteiger partial charge on any atom is -0.497 e. The summed E-state index contributed by atoms with van der Waals surface area (Å²) >= 11 is 6.05. The third-order valence-corrected chi connectivity index (χ3v) is 7.04. The van der Waals surface area contributed by atoms with E-state index in [9.17, 15) is 27.2 Å². The highest BCUT2D eigenvalue weighted by molar-refractivity contribution is 6.30. The van der Waals surface area contributed by atoms with Crippen LogP contribution >= 0.6 is 11.6 Å². The van der Waals surface area contributed by atoms with E-state index in [4.69, 9.17) is 26.2 Å². The maximum atomic E-state index is 14.3. The molecule has 1 aromatic heterocycles. The van der Waals surface area contributed by atoms with Crippen LogP contribution < -0.4 is 19.5 Å². The SMILES string of the molecule is COc1cc(NC(C(=O)n2ccc3cc(F)c(OC(F)(F)F)cc32)c2ccc(Cl)cc2)cc(OC[C@H]2C[C@@H]2C(=O)O)c1. The van der Waals surface area contributed by atoms with Crippen molar-refractivity contribution in [2.75, 3.05) is 19.0 Å². The first kappa shape index (κ1) is 29.1. The zero-order valence-electron chi connectivity index (χ0n) is 21.8. The number of carboxylic acid groups (broad SMARTS) is 1. The van der Waals surface area contributed by atoms with Crippen LogP contribution in [0.25, 0.3) is 10.9 Å². The van der Waals surface area contributed by atoms with Gasteiger partial charge < -0.3 is 24.6 Å². The van der Waals surface area contributed by atoms with Gasteiger partial charge in [0.2, 0.25) is 0 Å². The predicted molar refractivity (Wildman–Crippen MR) is 145 cm³/mol. The van der Waals surface area contributed by atoms with Gasteiger partial charge in [0, 0.05) is 52.5 Å². The molecule has 0 aliphatic heterocycles. The van der Waals surface area contributed by atoms with E-state index in [0.29, 0.717) is 34.2 Å². The Kier molecular flexibility index (Phi) is 7.91. The van der Waals surface area contributed by atoms with Crippen LogP contribution in [-0.2, 0) is 4.79 Å². The smallest absolute Gasteiger partial charge is 0.497 e. The molecule has 1 saturated carbocycles. The standard InChI is InChI=1S/C29H23ClF4N2O6/c1-40-20-10-19(11-21(12-20)41-14-17-8-22(17)28(38)39)35-26(15-2-4-18(30)5-3-15)27(37)36-7-6-16-9-23(31)25(13-24(16)36)42-29(32,33)34/h2-7,9-13,17,22,26,35H,8,14H2,1H3,(H,38,39)/t17-,22+,26?/m1/s1. The second-order valence-corrected chi connectivity index (χ2v) is 10.1. The van der Waals surface area contributed by atoms with Gasteiger partial charge in [-0.1, -0.05) is 23.7 Å². The molecule has 220 valence electrons. The molecule has 0 saturated heterocycles. The molecule has 1 unspecified atom stereocenters. The number of anilines is 1. The number of aliphatic carboxylic acids is 1. The van der Waals surface area contributed by atoms with Gasteiger partial charge in [0.15, 0.2) is 11.6 Å². The summed E-state index contributed by atoms with van der Waals surface area (Å²) in [6.45, 7) is 0.178.